The Kier molecular flexibility index (Phi) is 4.31. The van der Waals surface area contributed by atoms with Crippen LogP contribution < -0.4 is 10.9 Å². The SMILES string of the molecule is CCCNCCn1cnc2c(c1=O)CCCC2. The van der Waals surface area contributed by atoms with Crippen LogP contribution in [0.4, 0.5) is 0 Å². The summed E-state index contributed by atoms with van der Waals surface area (Å²) in [5, 5.41) is 3.30. The topological polar surface area (TPSA) is 46.9 Å². The first-order chi connectivity index (χ1) is 8.33. The molecule has 0 aliphatic heterocycles. The summed E-state index contributed by atoms with van der Waals surface area (Å²) < 4.78 is 1.74. The summed E-state index contributed by atoms with van der Waals surface area (Å²) in [5.41, 5.74) is 2.15. The van der Waals surface area contributed by atoms with Gasteiger partial charge in [-0.3, -0.25) is 9.36 Å². The highest BCUT2D eigenvalue weighted by atomic mass is 16.1. The third-order valence-electron chi connectivity index (χ3n) is 3.27. The Morgan fingerprint density at radius 2 is 2.18 bits per heavy atom. The standard InChI is InChI=1S/C13H21N3O/c1-2-7-14-8-9-16-10-15-12-6-4-3-5-11(12)13(16)17/h10,14H,2-9H2,1H3. The molecule has 1 N–H and O–H groups in total. The summed E-state index contributed by atoms with van der Waals surface area (Å²) in [6.45, 7) is 4.71. The van der Waals surface area contributed by atoms with Gasteiger partial charge in [0.05, 0.1) is 12.0 Å². The van der Waals surface area contributed by atoms with Crippen LogP contribution in [0.5, 0.6) is 0 Å². The maximum Gasteiger partial charge on any atom is 0.256 e. The van der Waals surface area contributed by atoms with E-state index >= 15 is 0 Å². The number of rotatable bonds is 5. The average Bonchev–Trinajstić information content (AvgIpc) is 2.37. The maximum absolute atomic E-state index is 12.2. The zero-order valence-corrected chi connectivity index (χ0v) is 10.5. The number of hydrogen-bond acceptors (Lipinski definition) is 3. The molecule has 1 aromatic heterocycles. The van der Waals surface area contributed by atoms with E-state index < -0.39 is 0 Å². The molecule has 0 bridgehead atoms. The van der Waals surface area contributed by atoms with E-state index in [1.165, 1.54) is 6.42 Å². The molecule has 1 aromatic rings. The first-order valence-electron chi connectivity index (χ1n) is 6.61. The number of aryl methyl sites for hydroxylation is 1. The van der Waals surface area contributed by atoms with Crippen LogP contribution in [0.1, 0.15) is 37.4 Å². The minimum absolute atomic E-state index is 0.174. The van der Waals surface area contributed by atoms with Crippen LogP contribution in [0, 0.1) is 0 Å². The Morgan fingerprint density at radius 1 is 1.35 bits per heavy atom. The molecular weight excluding hydrogens is 214 g/mol. The van der Waals surface area contributed by atoms with E-state index in [1.54, 1.807) is 10.9 Å². The third kappa shape index (κ3) is 2.94. The van der Waals surface area contributed by atoms with Crippen molar-refractivity contribution < 1.29 is 0 Å². The third-order valence-corrected chi connectivity index (χ3v) is 3.27. The van der Waals surface area contributed by atoms with Crippen LogP contribution in [-0.2, 0) is 19.4 Å². The molecule has 0 spiro atoms. The van der Waals surface area contributed by atoms with E-state index in [9.17, 15) is 4.79 Å². The lowest BCUT2D eigenvalue weighted by molar-refractivity contribution is 0.557. The van der Waals surface area contributed by atoms with E-state index in [1.807, 2.05) is 0 Å². The Morgan fingerprint density at radius 3 is 3.00 bits per heavy atom. The van der Waals surface area contributed by atoms with E-state index in [-0.39, 0.29) is 5.56 Å². The number of aromatic nitrogens is 2. The van der Waals surface area contributed by atoms with Gasteiger partial charge in [-0.2, -0.15) is 0 Å². The highest BCUT2D eigenvalue weighted by Gasteiger charge is 2.15. The van der Waals surface area contributed by atoms with Gasteiger partial charge in [0.2, 0.25) is 0 Å². The molecule has 0 aromatic carbocycles. The van der Waals surface area contributed by atoms with Gasteiger partial charge in [0.15, 0.2) is 0 Å². The predicted molar refractivity (Wildman–Crippen MR) is 68.3 cm³/mol. The lowest BCUT2D eigenvalue weighted by Crippen LogP contribution is -2.31. The van der Waals surface area contributed by atoms with E-state index in [0.29, 0.717) is 0 Å². The van der Waals surface area contributed by atoms with Crippen molar-refractivity contribution in [3.63, 3.8) is 0 Å². The Hall–Kier alpha value is -1.16. The second-order valence-electron chi connectivity index (χ2n) is 4.63. The maximum atomic E-state index is 12.2. The van der Waals surface area contributed by atoms with Gasteiger partial charge in [0, 0.05) is 18.7 Å². The summed E-state index contributed by atoms with van der Waals surface area (Å²) >= 11 is 0. The molecule has 0 radical (unpaired) electrons. The van der Waals surface area contributed by atoms with Gasteiger partial charge >= 0.3 is 0 Å². The average molecular weight is 235 g/mol. The smallest absolute Gasteiger partial charge is 0.256 e. The van der Waals surface area contributed by atoms with Gasteiger partial charge in [-0.15, -0.1) is 0 Å². The van der Waals surface area contributed by atoms with Gasteiger partial charge in [0.25, 0.3) is 5.56 Å². The zero-order valence-electron chi connectivity index (χ0n) is 10.5. The van der Waals surface area contributed by atoms with E-state index in [2.05, 4.69) is 17.2 Å². The van der Waals surface area contributed by atoms with Crippen molar-refractivity contribution in [2.45, 2.75) is 45.6 Å². The lowest BCUT2D eigenvalue weighted by Gasteiger charge is -2.15. The first kappa shape index (κ1) is 12.3. The van der Waals surface area contributed by atoms with Crippen molar-refractivity contribution in [1.29, 1.82) is 0 Å². The molecule has 0 saturated carbocycles. The minimum Gasteiger partial charge on any atom is -0.315 e. The van der Waals surface area contributed by atoms with Gasteiger partial charge in [-0.05, 0) is 38.6 Å². The van der Waals surface area contributed by atoms with Crippen molar-refractivity contribution in [3.8, 4) is 0 Å². The summed E-state index contributed by atoms with van der Waals surface area (Å²) in [4.78, 5) is 16.6. The van der Waals surface area contributed by atoms with Crippen LogP contribution in [0.15, 0.2) is 11.1 Å². The molecule has 1 aliphatic carbocycles. The molecule has 17 heavy (non-hydrogen) atoms. The van der Waals surface area contributed by atoms with Crippen LogP contribution in [0.25, 0.3) is 0 Å². The van der Waals surface area contributed by atoms with Crippen molar-refractivity contribution in [3.05, 3.63) is 27.9 Å². The number of nitrogens with zero attached hydrogens (tertiary/aromatic N) is 2. The quantitative estimate of drug-likeness (QED) is 0.778. The molecule has 1 heterocycles. The van der Waals surface area contributed by atoms with E-state index in [0.717, 1.165) is 56.6 Å². The summed E-state index contributed by atoms with van der Waals surface area (Å²) in [6, 6.07) is 0. The lowest BCUT2D eigenvalue weighted by atomic mass is 9.97. The molecule has 0 saturated heterocycles. The summed E-state index contributed by atoms with van der Waals surface area (Å²) in [5.74, 6) is 0. The molecule has 4 nitrogen and oxygen atoms in total. The van der Waals surface area contributed by atoms with Crippen molar-refractivity contribution in [2.75, 3.05) is 13.1 Å². The molecule has 1 aliphatic rings. The highest BCUT2D eigenvalue weighted by molar-refractivity contribution is 5.19. The Bertz CT molecular complexity index is 425. The number of nitrogens with one attached hydrogen (secondary N) is 1. The fourth-order valence-corrected chi connectivity index (χ4v) is 2.29. The largest absolute Gasteiger partial charge is 0.315 e. The second-order valence-corrected chi connectivity index (χ2v) is 4.63. The van der Waals surface area contributed by atoms with Gasteiger partial charge < -0.3 is 5.32 Å². The van der Waals surface area contributed by atoms with Crippen LogP contribution in [-0.4, -0.2) is 22.6 Å². The predicted octanol–water partition coefficient (Wildman–Crippen LogP) is 1.12. The van der Waals surface area contributed by atoms with Gasteiger partial charge in [-0.1, -0.05) is 6.92 Å². The van der Waals surface area contributed by atoms with Crippen LogP contribution in [0.3, 0.4) is 0 Å². The van der Waals surface area contributed by atoms with E-state index in [4.69, 9.17) is 0 Å². The Balaban J connectivity index is 2.05. The molecule has 0 fully saturated rings. The normalized spacial score (nSPS) is 14.6. The number of fused-ring (bicyclic) bond motifs is 1. The van der Waals surface area contributed by atoms with Crippen LogP contribution in [0.2, 0.25) is 0 Å². The number of hydrogen-bond donors (Lipinski definition) is 1. The molecule has 4 heteroatoms. The minimum atomic E-state index is 0.174. The first-order valence-corrected chi connectivity index (χ1v) is 6.61. The summed E-state index contributed by atoms with van der Waals surface area (Å²) in [6.07, 6.45) is 7.00. The van der Waals surface area contributed by atoms with Gasteiger partial charge in [0.1, 0.15) is 0 Å². The second kappa shape index (κ2) is 5.96. The highest BCUT2D eigenvalue weighted by Crippen LogP contribution is 2.14. The summed E-state index contributed by atoms with van der Waals surface area (Å²) in [7, 11) is 0. The zero-order chi connectivity index (χ0) is 12.1. The molecule has 0 atom stereocenters. The van der Waals surface area contributed by atoms with Crippen molar-refractivity contribution in [1.82, 2.24) is 14.9 Å². The van der Waals surface area contributed by atoms with Crippen molar-refractivity contribution >= 4 is 0 Å². The fourth-order valence-electron chi connectivity index (χ4n) is 2.29. The van der Waals surface area contributed by atoms with Crippen LogP contribution >= 0.6 is 0 Å². The molecule has 0 unspecified atom stereocenters. The molecule has 94 valence electrons. The molecule has 0 amide bonds. The van der Waals surface area contributed by atoms with Crippen molar-refractivity contribution in [2.24, 2.45) is 0 Å². The fraction of sp³-hybridized carbons (Fsp3) is 0.692. The molecule has 2 rings (SSSR count). The molecular formula is C13H21N3O. The Labute approximate surface area is 102 Å². The van der Waals surface area contributed by atoms with Gasteiger partial charge in [-0.25, -0.2) is 4.98 Å². The monoisotopic (exact) mass is 235 g/mol.